The standard InChI is InChI=1S/C31H33N7O5/c1-19(39)43-18-24-23(21-13-25(30(40)35(2)16-21)33-28-15-22-17-42-12-11-38(22)34-28)7-8-32-29(24)37-10-9-36-26-6-4-3-5-20(26)14-27(36)31(37)41/h7-8,13-16H,3-6,9-12,17-18H2,1-2H3,(H,33,34). The van der Waals surface area contributed by atoms with E-state index >= 15 is 0 Å². The second-order valence-corrected chi connectivity index (χ2v) is 11.2. The number of hydrogen-bond donors (Lipinski definition) is 1. The first kappa shape index (κ1) is 27.1. The van der Waals surface area contributed by atoms with Gasteiger partial charge >= 0.3 is 5.97 Å². The van der Waals surface area contributed by atoms with Crippen molar-refractivity contribution in [2.45, 2.75) is 58.9 Å². The van der Waals surface area contributed by atoms with E-state index < -0.39 is 5.97 Å². The lowest BCUT2D eigenvalue weighted by molar-refractivity contribution is -0.142. The zero-order valence-electron chi connectivity index (χ0n) is 24.3. The summed E-state index contributed by atoms with van der Waals surface area (Å²) in [6, 6.07) is 7.47. The first-order chi connectivity index (χ1) is 20.9. The van der Waals surface area contributed by atoms with Crippen molar-refractivity contribution in [3.05, 3.63) is 75.2 Å². The van der Waals surface area contributed by atoms with Crippen LogP contribution in [0.4, 0.5) is 17.3 Å². The zero-order valence-corrected chi connectivity index (χ0v) is 24.3. The van der Waals surface area contributed by atoms with Gasteiger partial charge in [-0.2, -0.15) is 5.10 Å². The average molecular weight is 584 g/mol. The van der Waals surface area contributed by atoms with Crippen molar-refractivity contribution in [1.29, 1.82) is 0 Å². The van der Waals surface area contributed by atoms with Gasteiger partial charge in [-0.25, -0.2) is 4.98 Å². The molecule has 43 heavy (non-hydrogen) atoms. The molecule has 0 aromatic carbocycles. The minimum Gasteiger partial charge on any atom is -0.461 e. The van der Waals surface area contributed by atoms with Crippen LogP contribution in [0.1, 0.15) is 52.8 Å². The van der Waals surface area contributed by atoms with E-state index in [1.807, 2.05) is 22.9 Å². The van der Waals surface area contributed by atoms with Crippen LogP contribution in [0, 0.1) is 0 Å². The van der Waals surface area contributed by atoms with Gasteiger partial charge in [-0.1, -0.05) is 0 Å². The smallest absolute Gasteiger partial charge is 0.302 e. The van der Waals surface area contributed by atoms with Crippen LogP contribution in [0.5, 0.6) is 0 Å². The van der Waals surface area contributed by atoms with E-state index in [1.54, 1.807) is 30.4 Å². The van der Waals surface area contributed by atoms with Crippen LogP contribution in [0.3, 0.4) is 0 Å². The van der Waals surface area contributed by atoms with Gasteiger partial charge in [0.25, 0.3) is 11.5 Å². The molecule has 2 aliphatic heterocycles. The molecule has 0 saturated heterocycles. The Morgan fingerprint density at radius 3 is 2.81 bits per heavy atom. The van der Waals surface area contributed by atoms with Crippen LogP contribution in [0.25, 0.3) is 11.1 Å². The van der Waals surface area contributed by atoms with Crippen molar-refractivity contribution in [2.24, 2.45) is 7.05 Å². The number of fused-ring (bicyclic) bond motifs is 4. The Hall–Kier alpha value is -4.71. The van der Waals surface area contributed by atoms with E-state index in [4.69, 9.17) is 9.47 Å². The van der Waals surface area contributed by atoms with Crippen molar-refractivity contribution in [3.63, 3.8) is 0 Å². The largest absolute Gasteiger partial charge is 0.461 e. The van der Waals surface area contributed by atoms with Gasteiger partial charge < -0.3 is 23.9 Å². The van der Waals surface area contributed by atoms with Gasteiger partial charge in [-0.3, -0.25) is 24.0 Å². The number of aromatic nitrogens is 5. The van der Waals surface area contributed by atoms with Crippen LogP contribution < -0.4 is 15.8 Å². The van der Waals surface area contributed by atoms with Crippen LogP contribution in [-0.4, -0.2) is 48.9 Å². The lowest BCUT2D eigenvalue weighted by atomic mass is 9.98. The van der Waals surface area contributed by atoms with Gasteiger partial charge in [0.15, 0.2) is 5.82 Å². The number of aryl methyl sites for hydroxylation is 2. The third-order valence-electron chi connectivity index (χ3n) is 8.45. The predicted octanol–water partition coefficient (Wildman–Crippen LogP) is 3.32. The highest BCUT2D eigenvalue weighted by atomic mass is 16.5. The maximum absolute atomic E-state index is 13.9. The molecule has 0 unspecified atom stereocenters. The number of carbonyl (C=O) groups excluding carboxylic acids is 2. The van der Waals surface area contributed by atoms with E-state index in [-0.39, 0.29) is 18.1 Å². The fourth-order valence-electron chi connectivity index (χ4n) is 6.38. The lowest BCUT2D eigenvalue weighted by Gasteiger charge is -2.31. The number of nitrogens with zero attached hydrogens (tertiary/aromatic N) is 6. The molecule has 0 bridgehead atoms. The van der Waals surface area contributed by atoms with Crippen molar-refractivity contribution in [1.82, 2.24) is 23.9 Å². The molecule has 0 atom stereocenters. The summed E-state index contributed by atoms with van der Waals surface area (Å²) in [5.74, 6) is 0.432. The number of anilines is 3. The minimum absolute atomic E-state index is 0.0749. The third-order valence-corrected chi connectivity index (χ3v) is 8.45. The van der Waals surface area contributed by atoms with Gasteiger partial charge in [-0.05, 0) is 55.0 Å². The molecule has 1 amide bonds. The van der Waals surface area contributed by atoms with Crippen LogP contribution in [-0.2, 0) is 60.5 Å². The molecule has 1 N–H and O–H groups in total. The van der Waals surface area contributed by atoms with Gasteiger partial charge in [0.05, 0.1) is 25.5 Å². The highest BCUT2D eigenvalue weighted by Gasteiger charge is 2.32. The van der Waals surface area contributed by atoms with E-state index in [0.29, 0.717) is 72.6 Å². The van der Waals surface area contributed by atoms with E-state index in [0.717, 1.165) is 31.4 Å². The van der Waals surface area contributed by atoms with Crippen LogP contribution >= 0.6 is 0 Å². The molecule has 0 spiro atoms. The van der Waals surface area contributed by atoms with Crippen molar-refractivity contribution in [2.75, 3.05) is 23.4 Å². The number of rotatable bonds is 6. The summed E-state index contributed by atoms with van der Waals surface area (Å²) in [6.07, 6.45) is 7.64. The summed E-state index contributed by atoms with van der Waals surface area (Å²) in [5, 5.41) is 7.76. The quantitative estimate of drug-likeness (QED) is 0.343. The number of amides is 1. The number of carbonyl (C=O) groups is 2. The molecule has 0 fully saturated rings. The molecule has 12 heteroatoms. The number of esters is 1. The minimum atomic E-state index is -0.442. The van der Waals surface area contributed by atoms with Gasteiger partial charge in [0.2, 0.25) is 0 Å². The summed E-state index contributed by atoms with van der Waals surface area (Å²) >= 11 is 0. The maximum atomic E-state index is 13.9. The van der Waals surface area contributed by atoms with Crippen molar-refractivity contribution in [3.8, 4) is 11.1 Å². The molecule has 12 nitrogen and oxygen atoms in total. The van der Waals surface area contributed by atoms with Gasteiger partial charge in [0.1, 0.15) is 23.8 Å². The second kappa shape index (κ2) is 10.8. The lowest BCUT2D eigenvalue weighted by Crippen LogP contribution is -2.41. The maximum Gasteiger partial charge on any atom is 0.302 e. The Labute approximate surface area is 247 Å². The first-order valence-corrected chi connectivity index (χ1v) is 14.6. The van der Waals surface area contributed by atoms with Crippen molar-refractivity contribution < 1.29 is 19.1 Å². The Bertz CT molecular complexity index is 1790. The Morgan fingerprint density at radius 2 is 1.98 bits per heavy atom. The molecular formula is C31H33N7O5. The van der Waals surface area contributed by atoms with Gasteiger partial charge in [-0.15, -0.1) is 0 Å². The van der Waals surface area contributed by atoms with E-state index in [1.165, 1.54) is 22.7 Å². The molecule has 0 saturated carbocycles. The second-order valence-electron chi connectivity index (χ2n) is 11.2. The molecule has 1 aliphatic carbocycles. The number of pyridine rings is 2. The van der Waals surface area contributed by atoms with Crippen LogP contribution in [0.2, 0.25) is 0 Å². The molecular weight excluding hydrogens is 550 g/mol. The van der Waals surface area contributed by atoms with E-state index in [2.05, 4.69) is 20.0 Å². The number of ether oxygens (including phenoxy) is 2. The molecule has 0 radical (unpaired) electrons. The topological polar surface area (TPSA) is 126 Å². The summed E-state index contributed by atoms with van der Waals surface area (Å²) in [7, 11) is 1.68. The van der Waals surface area contributed by atoms with E-state index in [9.17, 15) is 14.4 Å². The first-order valence-electron chi connectivity index (χ1n) is 14.6. The number of hydrogen-bond acceptors (Lipinski definition) is 8. The Morgan fingerprint density at radius 1 is 1.12 bits per heavy atom. The molecule has 222 valence electrons. The normalized spacial score (nSPS) is 16.0. The van der Waals surface area contributed by atoms with Crippen LogP contribution in [0.15, 0.2) is 41.5 Å². The monoisotopic (exact) mass is 583 g/mol. The molecule has 7 rings (SSSR count). The summed E-state index contributed by atoms with van der Waals surface area (Å²) in [5.41, 5.74) is 6.25. The molecule has 4 aromatic rings. The summed E-state index contributed by atoms with van der Waals surface area (Å²) in [4.78, 5) is 45.3. The SMILES string of the molecule is CC(=O)OCc1c(-c2cc(Nc3cc4n(n3)CCOC4)c(=O)n(C)c2)ccnc1N1CCn2c(cc3c2CCCC3)C1=O. The predicted molar refractivity (Wildman–Crippen MR) is 158 cm³/mol. The highest BCUT2D eigenvalue weighted by molar-refractivity contribution is 6.06. The van der Waals surface area contributed by atoms with Crippen molar-refractivity contribution >= 4 is 29.2 Å². The highest BCUT2D eigenvalue weighted by Crippen LogP contribution is 2.35. The third kappa shape index (κ3) is 4.91. The number of nitrogens with one attached hydrogen (secondary N) is 1. The summed E-state index contributed by atoms with van der Waals surface area (Å²) < 4.78 is 16.5. The molecule has 4 aromatic heterocycles. The summed E-state index contributed by atoms with van der Waals surface area (Å²) in [6.45, 7) is 4.10. The zero-order chi connectivity index (χ0) is 29.7. The average Bonchev–Trinajstić information content (AvgIpc) is 3.60. The fourth-order valence-corrected chi connectivity index (χ4v) is 6.38. The Kier molecular flexibility index (Phi) is 6.85. The van der Waals surface area contributed by atoms with Gasteiger partial charge in [0, 0.05) is 62.3 Å². The molecule has 3 aliphatic rings. The fraction of sp³-hybridized carbons (Fsp3) is 0.387. The molecule has 6 heterocycles. The Balaban J connectivity index is 1.28.